The smallest absolute Gasteiger partial charge is 0.275 e. The van der Waals surface area contributed by atoms with E-state index in [1.165, 1.54) is 12.3 Å². The van der Waals surface area contributed by atoms with Crippen molar-refractivity contribution in [1.29, 1.82) is 0 Å². The van der Waals surface area contributed by atoms with Gasteiger partial charge in [0.2, 0.25) is 0 Å². The van der Waals surface area contributed by atoms with Crippen LogP contribution in [0, 0.1) is 3.57 Å². The molecule has 1 rings (SSSR count). The predicted octanol–water partition coefficient (Wildman–Crippen LogP) is 0.805. The number of amides is 1. The van der Waals surface area contributed by atoms with Crippen molar-refractivity contribution < 1.29 is 10.0 Å². The predicted molar refractivity (Wildman–Crippen MR) is 46.2 cm³/mol. The van der Waals surface area contributed by atoms with Crippen molar-refractivity contribution in [3.05, 3.63) is 27.6 Å². The standard InChI is InChI=1S/C6H5IN2O2/c7-5-3-8-2-1-4(5)6(10)9-11/h1-3,11H,(H,9,10). The normalized spacial score (nSPS) is 9.27. The van der Waals surface area contributed by atoms with Crippen molar-refractivity contribution in [1.82, 2.24) is 10.5 Å². The second-order valence-electron chi connectivity index (χ2n) is 1.80. The lowest BCUT2D eigenvalue weighted by Crippen LogP contribution is -2.19. The Labute approximate surface area is 76.7 Å². The molecule has 0 spiro atoms. The largest absolute Gasteiger partial charge is 0.288 e. The van der Waals surface area contributed by atoms with Crippen LogP contribution in [-0.4, -0.2) is 16.1 Å². The number of aromatic nitrogens is 1. The Hall–Kier alpha value is -0.690. The molecule has 1 amide bonds. The van der Waals surface area contributed by atoms with Gasteiger partial charge in [0.25, 0.3) is 5.91 Å². The highest BCUT2D eigenvalue weighted by molar-refractivity contribution is 14.1. The minimum Gasteiger partial charge on any atom is -0.288 e. The summed E-state index contributed by atoms with van der Waals surface area (Å²) >= 11 is 1.96. The molecule has 4 nitrogen and oxygen atoms in total. The second kappa shape index (κ2) is 3.63. The van der Waals surface area contributed by atoms with Crippen molar-refractivity contribution in [2.45, 2.75) is 0 Å². The van der Waals surface area contributed by atoms with Crippen molar-refractivity contribution in [3.8, 4) is 0 Å². The van der Waals surface area contributed by atoms with Crippen LogP contribution < -0.4 is 5.48 Å². The first-order chi connectivity index (χ1) is 5.25. The van der Waals surface area contributed by atoms with Gasteiger partial charge in [0, 0.05) is 16.0 Å². The molecule has 0 saturated heterocycles. The molecule has 0 bridgehead atoms. The minimum atomic E-state index is -0.517. The van der Waals surface area contributed by atoms with Gasteiger partial charge in [-0.3, -0.25) is 15.0 Å². The first-order valence-corrected chi connectivity index (χ1v) is 3.87. The zero-order valence-corrected chi connectivity index (χ0v) is 7.57. The van der Waals surface area contributed by atoms with Gasteiger partial charge in [-0.25, -0.2) is 5.48 Å². The maximum Gasteiger partial charge on any atom is 0.275 e. The molecule has 0 aliphatic rings. The summed E-state index contributed by atoms with van der Waals surface area (Å²) in [5.74, 6) is -0.517. The summed E-state index contributed by atoms with van der Waals surface area (Å²) in [4.78, 5) is 14.6. The maximum absolute atomic E-state index is 10.8. The molecular weight excluding hydrogens is 259 g/mol. The first-order valence-electron chi connectivity index (χ1n) is 2.79. The van der Waals surface area contributed by atoms with E-state index in [2.05, 4.69) is 4.98 Å². The van der Waals surface area contributed by atoms with Crippen molar-refractivity contribution in [3.63, 3.8) is 0 Å². The molecule has 1 aromatic rings. The van der Waals surface area contributed by atoms with Crippen LogP contribution in [-0.2, 0) is 0 Å². The Kier molecular flexibility index (Phi) is 2.77. The van der Waals surface area contributed by atoms with E-state index in [4.69, 9.17) is 5.21 Å². The van der Waals surface area contributed by atoms with Crippen LogP contribution in [0.5, 0.6) is 0 Å². The number of pyridine rings is 1. The minimum absolute atomic E-state index is 0.420. The summed E-state index contributed by atoms with van der Waals surface area (Å²) in [5, 5.41) is 8.29. The van der Waals surface area contributed by atoms with E-state index in [1.54, 1.807) is 11.7 Å². The molecule has 5 heteroatoms. The maximum atomic E-state index is 10.8. The van der Waals surface area contributed by atoms with Crippen molar-refractivity contribution >= 4 is 28.5 Å². The highest BCUT2D eigenvalue weighted by atomic mass is 127. The highest BCUT2D eigenvalue weighted by Crippen LogP contribution is 2.08. The molecule has 0 aliphatic heterocycles. The van der Waals surface area contributed by atoms with Gasteiger partial charge in [0.1, 0.15) is 0 Å². The Morgan fingerprint density at radius 1 is 1.73 bits per heavy atom. The van der Waals surface area contributed by atoms with Crippen LogP contribution in [0.2, 0.25) is 0 Å². The van der Waals surface area contributed by atoms with Gasteiger partial charge in [-0.15, -0.1) is 0 Å². The number of rotatable bonds is 1. The lowest BCUT2D eigenvalue weighted by atomic mass is 10.3. The molecule has 0 unspecified atom stereocenters. The number of hydrogen-bond donors (Lipinski definition) is 2. The zero-order chi connectivity index (χ0) is 8.27. The number of hydroxylamine groups is 1. The van der Waals surface area contributed by atoms with Gasteiger partial charge < -0.3 is 0 Å². The molecule has 58 valence electrons. The van der Waals surface area contributed by atoms with E-state index in [-0.39, 0.29) is 0 Å². The molecule has 1 aromatic heterocycles. The third kappa shape index (κ3) is 1.87. The topological polar surface area (TPSA) is 62.2 Å². The Balaban J connectivity index is 3.03. The van der Waals surface area contributed by atoms with Crippen LogP contribution >= 0.6 is 22.6 Å². The molecular formula is C6H5IN2O2. The summed E-state index contributed by atoms with van der Waals surface area (Å²) in [6, 6.07) is 1.54. The number of carbonyl (C=O) groups excluding carboxylic acids is 1. The van der Waals surface area contributed by atoms with Gasteiger partial charge in [0.05, 0.1) is 5.56 Å². The van der Waals surface area contributed by atoms with Crippen LogP contribution in [0.4, 0.5) is 0 Å². The van der Waals surface area contributed by atoms with Crippen LogP contribution in [0.15, 0.2) is 18.5 Å². The number of nitrogens with one attached hydrogen (secondary N) is 1. The van der Waals surface area contributed by atoms with E-state index in [0.717, 1.165) is 0 Å². The Bertz CT molecular complexity index is 277. The van der Waals surface area contributed by atoms with Gasteiger partial charge in [0.15, 0.2) is 0 Å². The fourth-order valence-corrected chi connectivity index (χ4v) is 1.21. The molecule has 0 fully saturated rings. The summed E-state index contributed by atoms with van der Waals surface area (Å²) in [6.07, 6.45) is 3.04. The summed E-state index contributed by atoms with van der Waals surface area (Å²) in [7, 11) is 0. The molecule has 0 radical (unpaired) electrons. The van der Waals surface area contributed by atoms with Crippen molar-refractivity contribution in [2.24, 2.45) is 0 Å². The van der Waals surface area contributed by atoms with Crippen LogP contribution in [0.1, 0.15) is 10.4 Å². The molecule has 0 atom stereocenters. The SMILES string of the molecule is O=C(NO)c1ccncc1I. The zero-order valence-electron chi connectivity index (χ0n) is 5.41. The number of nitrogens with zero attached hydrogens (tertiary/aromatic N) is 1. The van der Waals surface area contributed by atoms with Crippen LogP contribution in [0.25, 0.3) is 0 Å². The molecule has 11 heavy (non-hydrogen) atoms. The van der Waals surface area contributed by atoms with E-state index in [1.807, 2.05) is 22.6 Å². The Morgan fingerprint density at radius 3 is 3.00 bits per heavy atom. The summed E-state index contributed by atoms with van der Waals surface area (Å²) in [5.41, 5.74) is 1.97. The van der Waals surface area contributed by atoms with Gasteiger partial charge in [-0.1, -0.05) is 0 Å². The molecule has 0 aromatic carbocycles. The lowest BCUT2D eigenvalue weighted by molar-refractivity contribution is 0.0705. The number of halogens is 1. The third-order valence-electron chi connectivity index (χ3n) is 1.12. The average Bonchev–Trinajstić information content (AvgIpc) is 2.04. The van der Waals surface area contributed by atoms with Gasteiger partial charge in [-0.05, 0) is 28.7 Å². The van der Waals surface area contributed by atoms with E-state index < -0.39 is 5.91 Å². The first kappa shape index (κ1) is 8.41. The molecule has 1 heterocycles. The monoisotopic (exact) mass is 264 g/mol. The summed E-state index contributed by atoms with van der Waals surface area (Å²) in [6.45, 7) is 0. The number of carbonyl (C=O) groups is 1. The average molecular weight is 264 g/mol. The van der Waals surface area contributed by atoms with E-state index >= 15 is 0 Å². The third-order valence-corrected chi connectivity index (χ3v) is 1.98. The highest BCUT2D eigenvalue weighted by Gasteiger charge is 2.06. The van der Waals surface area contributed by atoms with E-state index in [9.17, 15) is 4.79 Å². The van der Waals surface area contributed by atoms with Gasteiger partial charge >= 0.3 is 0 Å². The molecule has 0 saturated carbocycles. The quantitative estimate of drug-likeness (QED) is 0.448. The molecule has 2 N–H and O–H groups in total. The van der Waals surface area contributed by atoms with Gasteiger partial charge in [-0.2, -0.15) is 0 Å². The molecule has 0 aliphatic carbocycles. The van der Waals surface area contributed by atoms with Crippen LogP contribution in [0.3, 0.4) is 0 Å². The van der Waals surface area contributed by atoms with E-state index in [0.29, 0.717) is 9.13 Å². The second-order valence-corrected chi connectivity index (χ2v) is 2.96. The lowest BCUT2D eigenvalue weighted by Gasteiger charge is -1.98. The fourth-order valence-electron chi connectivity index (χ4n) is 0.620. The van der Waals surface area contributed by atoms with Crippen molar-refractivity contribution in [2.75, 3.05) is 0 Å². The Morgan fingerprint density at radius 2 is 2.45 bits per heavy atom. The summed E-state index contributed by atoms with van der Waals surface area (Å²) < 4.78 is 0.705. The fraction of sp³-hybridized carbons (Fsp3) is 0. The number of hydrogen-bond acceptors (Lipinski definition) is 3.